The molecular formula is C12H21F3N2O3. The van der Waals surface area contributed by atoms with Crippen LogP contribution in [0.2, 0.25) is 0 Å². The highest BCUT2D eigenvalue weighted by atomic mass is 19.4. The molecule has 0 aromatic heterocycles. The lowest BCUT2D eigenvalue weighted by atomic mass is 10.0. The number of rotatable bonds is 4. The standard InChI is InChI=1S/C10H20N2O.C2HF3O2/c1-2-4-13-10(3-1)8-12-7-9-5-11-6-9;3-2(4,5)1(6)7/h9-12H,1-8H2;(H,6,7). The molecule has 2 fully saturated rings. The number of hydrogen-bond donors (Lipinski definition) is 3. The van der Waals surface area contributed by atoms with Crippen LogP contribution in [-0.2, 0) is 9.53 Å². The zero-order valence-electron chi connectivity index (χ0n) is 11.2. The van der Waals surface area contributed by atoms with Crippen LogP contribution < -0.4 is 10.6 Å². The van der Waals surface area contributed by atoms with E-state index < -0.39 is 12.1 Å². The van der Waals surface area contributed by atoms with Crippen molar-refractivity contribution in [2.75, 3.05) is 32.8 Å². The Morgan fingerprint density at radius 2 is 1.95 bits per heavy atom. The Hall–Kier alpha value is -0.860. The average Bonchev–Trinajstić information content (AvgIpc) is 2.33. The van der Waals surface area contributed by atoms with Crippen molar-refractivity contribution in [1.29, 1.82) is 0 Å². The van der Waals surface area contributed by atoms with E-state index in [0.717, 1.165) is 25.6 Å². The summed E-state index contributed by atoms with van der Waals surface area (Å²) in [6.07, 6.45) is -0.752. The molecule has 0 bridgehead atoms. The molecular weight excluding hydrogens is 277 g/mol. The van der Waals surface area contributed by atoms with Crippen LogP contribution in [0, 0.1) is 5.92 Å². The van der Waals surface area contributed by atoms with Gasteiger partial charge in [-0.2, -0.15) is 13.2 Å². The van der Waals surface area contributed by atoms with Gasteiger partial charge >= 0.3 is 12.1 Å². The number of ether oxygens (including phenoxy) is 1. The van der Waals surface area contributed by atoms with Gasteiger partial charge in [-0.05, 0) is 25.2 Å². The van der Waals surface area contributed by atoms with Crippen molar-refractivity contribution in [2.45, 2.75) is 31.5 Å². The molecule has 5 nitrogen and oxygen atoms in total. The minimum atomic E-state index is -5.08. The lowest BCUT2D eigenvalue weighted by Gasteiger charge is -2.29. The number of carboxylic acid groups (broad SMARTS) is 1. The van der Waals surface area contributed by atoms with Crippen molar-refractivity contribution in [1.82, 2.24) is 10.6 Å². The molecule has 8 heteroatoms. The Labute approximate surface area is 115 Å². The molecule has 1 unspecified atom stereocenters. The van der Waals surface area contributed by atoms with Crippen molar-refractivity contribution in [2.24, 2.45) is 5.92 Å². The minimum absolute atomic E-state index is 0.488. The molecule has 3 N–H and O–H groups in total. The highest BCUT2D eigenvalue weighted by Gasteiger charge is 2.38. The van der Waals surface area contributed by atoms with Crippen LogP contribution in [0.1, 0.15) is 19.3 Å². The second-order valence-corrected chi connectivity index (χ2v) is 4.97. The molecule has 20 heavy (non-hydrogen) atoms. The number of alkyl halides is 3. The first-order valence-electron chi connectivity index (χ1n) is 6.72. The fourth-order valence-corrected chi connectivity index (χ4v) is 1.91. The quantitative estimate of drug-likeness (QED) is 0.722. The van der Waals surface area contributed by atoms with Gasteiger partial charge in [-0.15, -0.1) is 0 Å². The molecule has 2 saturated heterocycles. The third-order valence-electron chi connectivity index (χ3n) is 3.19. The van der Waals surface area contributed by atoms with Gasteiger partial charge in [0, 0.05) is 32.8 Å². The summed E-state index contributed by atoms with van der Waals surface area (Å²) in [6, 6.07) is 0. The molecule has 0 spiro atoms. The summed E-state index contributed by atoms with van der Waals surface area (Å²) in [5.41, 5.74) is 0. The summed E-state index contributed by atoms with van der Waals surface area (Å²) in [5.74, 6) is -1.89. The van der Waals surface area contributed by atoms with E-state index in [1.54, 1.807) is 0 Å². The predicted molar refractivity (Wildman–Crippen MR) is 66.5 cm³/mol. The Balaban J connectivity index is 0.000000246. The fourth-order valence-electron chi connectivity index (χ4n) is 1.91. The van der Waals surface area contributed by atoms with Crippen LogP contribution >= 0.6 is 0 Å². The van der Waals surface area contributed by atoms with Crippen molar-refractivity contribution in [3.63, 3.8) is 0 Å². The Morgan fingerprint density at radius 3 is 2.35 bits per heavy atom. The molecule has 0 saturated carbocycles. The number of halogens is 3. The average molecular weight is 298 g/mol. The third-order valence-corrected chi connectivity index (χ3v) is 3.19. The number of carbonyl (C=O) groups is 1. The maximum atomic E-state index is 10.6. The zero-order valence-corrected chi connectivity index (χ0v) is 11.2. The van der Waals surface area contributed by atoms with E-state index >= 15 is 0 Å². The summed E-state index contributed by atoms with van der Waals surface area (Å²) in [7, 11) is 0. The van der Waals surface area contributed by atoms with E-state index in [0.29, 0.717) is 6.10 Å². The Morgan fingerprint density at radius 1 is 1.30 bits per heavy atom. The molecule has 2 rings (SSSR count). The Bertz CT molecular complexity index is 290. The first kappa shape index (κ1) is 17.2. The fraction of sp³-hybridized carbons (Fsp3) is 0.917. The van der Waals surface area contributed by atoms with Gasteiger partial charge in [0.1, 0.15) is 0 Å². The van der Waals surface area contributed by atoms with Gasteiger partial charge in [-0.25, -0.2) is 4.79 Å². The largest absolute Gasteiger partial charge is 0.490 e. The maximum Gasteiger partial charge on any atom is 0.490 e. The molecule has 0 radical (unpaired) electrons. The number of hydrogen-bond acceptors (Lipinski definition) is 4. The van der Waals surface area contributed by atoms with Gasteiger partial charge in [-0.3, -0.25) is 0 Å². The molecule has 2 aliphatic rings. The third kappa shape index (κ3) is 7.06. The normalized spacial score (nSPS) is 23.4. The van der Waals surface area contributed by atoms with Crippen molar-refractivity contribution in [3.05, 3.63) is 0 Å². The summed E-state index contributed by atoms with van der Waals surface area (Å²) < 4.78 is 37.4. The van der Waals surface area contributed by atoms with E-state index in [1.807, 2.05) is 0 Å². The van der Waals surface area contributed by atoms with E-state index in [4.69, 9.17) is 14.6 Å². The summed E-state index contributed by atoms with van der Waals surface area (Å²) in [4.78, 5) is 8.90. The van der Waals surface area contributed by atoms with Gasteiger partial charge in [0.25, 0.3) is 0 Å². The highest BCUT2D eigenvalue weighted by Crippen LogP contribution is 2.13. The molecule has 2 heterocycles. The van der Waals surface area contributed by atoms with Gasteiger partial charge in [0.15, 0.2) is 0 Å². The van der Waals surface area contributed by atoms with Gasteiger partial charge in [0.05, 0.1) is 6.10 Å². The predicted octanol–water partition coefficient (Wildman–Crippen LogP) is 0.998. The molecule has 118 valence electrons. The number of nitrogens with one attached hydrogen (secondary N) is 2. The second-order valence-electron chi connectivity index (χ2n) is 4.97. The first-order chi connectivity index (χ1) is 9.39. The summed E-state index contributed by atoms with van der Waals surface area (Å²) >= 11 is 0. The molecule has 0 aromatic carbocycles. The van der Waals surface area contributed by atoms with E-state index in [9.17, 15) is 13.2 Å². The van der Waals surface area contributed by atoms with Crippen molar-refractivity contribution < 1.29 is 27.8 Å². The highest BCUT2D eigenvalue weighted by molar-refractivity contribution is 5.73. The van der Waals surface area contributed by atoms with Crippen molar-refractivity contribution >= 4 is 5.97 Å². The Kier molecular flexibility index (Phi) is 7.25. The van der Waals surface area contributed by atoms with Gasteiger partial charge in [-0.1, -0.05) is 0 Å². The molecule has 0 aromatic rings. The van der Waals surface area contributed by atoms with Crippen LogP contribution in [0.15, 0.2) is 0 Å². The van der Waals surface area contributed by atoms with Gasteiger partial charge in [0.2, 0.25) is 0 Å². The van der Waals surface area contributed by atoms with E-state index in [-0.39, 0.29) is 0 Å². The SMILES string of the molecule is C1CCC(CNCC2CNC2)OC1.O=C(O)C(F)(F)F. The van der Waals surface area contributed by atoms with Crippen molar-refractivity contribution in [3.8, 4) is 0 Å². The minimum Gasteiger partial charge on any atom is -0.475 e. The number of aliphatic carboxylic acids is 1. The second kappa shape index (κ2) is 8.43. The lowest BCUT2D eigenvalue weighted by Crippen LogP contribution is -2.48. The van der Waals surface area contributed by atoms with E-state index in [1.165, 1.54) is 32.4 Å². The molecule has 0 amide bonds. The monoisotopic (exact) mass is 298 g/mol. The van der Waals surface area contributed by atoms with Crippen LogP contribution in [-0.4, -0.2) is 56.1 Å². The summed E-state index contributed by atoms with van der Waals surface area (Å²) in [6.45, 7) is 5.57. The topological polar surface area (TPSA) is 70.6 Å². The summed E-state index contributed by atoms with van der Waals surface area (Å²) in [5, 5.41) is 13.9. The van der Waals surface area contributed by atoms with Crippen LogP contribution in [0.5, 0.6) is 0 Å². The van der Waals surface area contributed by atoms with Gasteiger partial charge < -0.3 is 20.5 Å². The molecule has 2 aliphatic heterocycles. The number of carboxylic acids is 1. The zero-order chi connectivity index (χ0) is 15.0. The smallest absolute Gasteiger partial charge is 0.475 e. The first-order valence-corrected chi connectivity index (χ1v) is 6.72. The van der Waals surface area contributed by atoms with Crippen LogP contribution in [0.3, 0.4) is 0 Å². The lowest BCUT2D eigenvalue weighted by molar-refractivity contribution is -0.192. The maximum absolute atomic E-state index is 10.6. The molecule has 0 aliphatic carbocycles. The molecule has 1 atom stereocenters. The van der Waals surface area contributed by atoms with Crippen LogP contribution in [0.4, 0.5) is 13.2 Å². The van der Waals surface area contributed by atoms with Crippen LogP contribution in [0.25, 0.3) is 0 Å². The van der Waals surface area contributed by atoms with E-state index in [2.05, 4.69) is 10.6 Å².